The molecule has 0 saturated carbocycles. The molecule has 7 heteroatoms. The molecule has 0 spiro atoms. The van der Waals surface area contributed by atoms with Gasteiger partial charge in [-0.15, -0.1) is 0 Å². The van der Waals surface area contributed by atoms with E-state index in [0.717, 1.165) is 77.9 Å². The maximum Gasteiger partial charge on any atom is 0.132 e. The van der Waals surface area contributed by atoms with E-state index in [0.29, 0.717) is 5.92 Å². The van der Waals surface area contributed by atoms with Gasteiger partial charge in [-0.2, -0.15) is 5.10 Å². The van der Waals surface area contributed by atoms with Gasteiger partial charge in [-0.1, -0.05) is 52.0 Å². The molecular formula is C33H27N7. The molecular weight excluding hydrogens is 494 g/mol. The Hall–Kier alpha value is -4.78. The minimum absolute atomic E-state index is 0.250. The highest BCUT2D eigenvalue weighted by Gasteiger charge is 2.24. The topological polar surface area (TPSA) is 92.6 Å². The second-order valence-electron chi connectivity index (χ2n) is 11.4. The Labute approximate surface area is 230 Å². The van der Waals surface area contributed by atoms with E-state index in [1.807, 2.05) is 18.6 Å². The molecule has 7 aromatic rings. The third-order valence-corrected chi connectivity index (χ3v) is 8.25. The molecule has 1 aliphatic rings. The SMILES string of the molecule is CC(C)C1=Nc2c(c3ccc(-c4ccc5c(c4)c4c[nH]ncc4c4nc(C(C)C)nc54)cc3c3cncnc23)C1. The molecule has 1 N–H and O–H groups in total. The molecule has 0 saturated heterocycles. The summed E-state index contributed by atoms with van der Waals surface area (Å²) in [7, 11) is 0. The van der Waals surface area contributed by atoms with Crippen LogP contribution in [0, 0.1) is 5.92 Å². The van der Waals surface area contributed by atoms with E-state index in [2.05, 4.69) is 84.3 Å². The smallest absolute Gasteiger partial charge is 0.132 e. The van der Waals surface area contributed by atoms with Crippen LogP contribution in [0.2, 0.25) is 0 Å². The van der Waals surface area contributed by atoms with E-state index in [4.69, 9.17) is 15.0 Å². The number of nitrogens with one attached hydrogen (secondary N) is 1. The van der Waals surface area contributed by atoms with Gasteiger partial charge in [-0.3, -0.25) is 10.1 Å². The number of imidazole rings is 1. The third-order valence-electron chi connectivity index (χ3n) is 8.25. The first-order valence-corrected chi connectivity index (χ1v) is 13.8. The lowest BCUT2D eigenvalue weighted by Gasteiger charge is -2.12. The van der Waals surface area contributed by atoms with Gasteiger partial charge >= 0.3 is 0 Å². The Bertz CT molecular complexity index is 2210. The summed E-state index contributed by atoms with van der Waals surface area (Å²) in [6.07, 6.45) is 8.24. The first-order chi connectivity index (χ1) is 19.5. The van der Waals surface area contributed by atoms with Crippen molar-refractivity contribution in [1.82, 2.24) is 30.1 Å². The summed E-state index contributed by atoms with van der Waals surface area (Å²) in [4.78, 5) is 23.9. The highest BCUT2D eigenvalue weighted by atomic mass is 15.1. The molecule has 0 unspecified atom stereocenters. The predicted molar refractivity (Wildman–Crippen MR) is 162 cm³/mol. The van der Waals surface area contributed by atoms with Crippen molar-refractivity contribution in [3.8, 4) is 11.1 Å². The Kier molecular flexibility index (Phi) is 4.83. The zero-order valence-electron chi connectivity index (χ0n) is 22.8. The summed E-state index contributed by atoms with van der Waals surface area (Å²) in [5.41, 5.74) is 8.53. The number of H-pyrrole nitrogens is 1. The summed E-state index contributed by atoms with van der Waals surface area (Å²) in [5.74, 6) is 1.51. The van der Waals surface area contributed by atoms with Crippen molar-refractivity contribution in [2.24, 2.45) is 10.9 Å². The molecule has 1 aliphatic heterocycles. The highest BCUT2D eigenvalue weighted by Crippen LogP contribution is 2.43. The number of fused-ring (bicyclic) bond motifs is 12. The third kappa shape index (κ3) is 3.24. The minimum atomic E-state index is 0.250. The van der Waals surface area contributed by atoms with Crippen LogP contribution in [0.1, 0.15) is 45.0 Å². The number of aromatic amines is 1. The molecule has 0 atom stereocenters. The van der Waals surface area contributed by atoms with Crippen LogP contribution in [0.5, 0.6) is 0 Å². The number of hydrogen-bond acceptors (Lipinski definition) is 6. The Balaban J connectivity index is 1.37. The van der Waals surface area contributed by atoms with Crippen molar-refractivity contribution >= 4 is 65.7 Å². The normalized spacial score (nSPS) is 13.5. The van der Waals surface area contributed by atoms with Gasteiger partial charge in [0.25, 0.3) is 0 Å². The van der Waals surface area contributed by atoms with Crippen LogP contribution in [0.15, 0.2) is 66.3 Å². The van der Waals surface area contributed by atoms with Crippen LogP contribution < -0.4 is 0 Å². The summed E-state index contributed by atoms with van der Waals surface area (Å²) in [6, 6.07) is 13.4. The van der Waals surface area contributed by atoms with Gasteiger partial charge in [-0.25, -0.2) is 19.9 Å². The number of hydrogen-bond donors (Lipinski definition) is 1. The first kappa shape index (κ1) is 23.1. The standard InChI is InChI=1S/C33H27N7/c1-16(2)28-11-24-20-7-5-18(9-22(20)26-12-34-15-35-29(26)31(24)38-28)19-6-8-21-23(10-19)25-13-36-37-14-27(25)32-30(21)39-33(40-32)17(3)4/h5-10,12-17,36H,11H2,1-4H3. The number of rotatable bonds is 3. The number of aromatic nitrogens is 6. The van der Waals surface area contributed by atoms with Gasteiger partial charge in [0.15, 0.2) is 0 Å². The van der Waals surface area contributed by atoms with Crippen molar-refractivity contribution in [2.45, 2.75) is 40.0 Å². The fourth-order valence-corrected chi connectivity index (χ4v) is 6.10. The van der Waals surface area contributed by atoms with E-state index in [-0.39, 0.29) is 5.92 Å². The number of benzene rings is 4. The van der Waals surface area contributed by atoms with E-state index in [1.54, 1.807) is 6.33 Å². The molecule has 0 amide bonds. The molecule has 4 aromatic carbocycles. The number of nitrogens with zero attached hydrogens (tertiary/aromatic N) is 6. The Morgan fingerprint density at radius 3 is 2.15 bits per heavy atom. The predicted octanol–water partition coefficient (Wildman–Crippen LogP) is 7.83. The average Bonchev–Trinajstić information content (AvgIpc) is 3.64. The lowest BCUT2D eigenvalue weighted by Crippen LogP contribution is -2.06. The number of aliphatic imine (C=N–C) groups is 1. The summed E-state index contributed by atoms with van der Waals surface area (Å²) in [5, 5.41) is 15.1. The van der Waals surface area contributed by atoms with Crippen molar-refractivity contribution < 1.29 is 0 Å². The van der Waals surface area contributed by atoms with Gasteiger partial charge < -0.3 is 0 Å². The maximum absolute atomic E-state index is 5.02. The average molecular weight is 522 g/mol. The molecule has 0 fully saturated rings. The first-order valence-electron chi connectivity index (χ1n) is 13.8. The lowest BCUT2D eigenvalue weighted by atomic mass is 9.92. The van der Waals surface area contributed by atoms with Crippen molar-refractivity contribution in [3.63, 3.8) is 0 Å². The monoisotopic (exact) mass is 521 g/mol. The van der Waals surface area contributed by atoms with Crippen LogP contribution in [0.25, 0.3) is 65.4 Å². The molecule has 7 nitrogen and oxygen atoms in total. The van der Waals surface area contributed by atoms with E-state index >= 15 is 0 Å². The fourth-order valence-electron chi connectivity index (χ4n) is 6.10. The lowest BCUT2D eigenvalue weighted by molar-refractivity contribution is 0.799. The second-order valence-corrected chi connectivity index (χ2v) is 11.4. The molecule has 0 radical (unpaired) electrons. The Morgan fingerprint density at radius 1 is 0.700 bits per heavy atom. The van der Waals surface area contributed by atoms with Gasteiger partial charge in [-0.05, 0) is 50.9 Å². The highest BCUT2D eigenvalue weighted by molar-refractivity contribution is 6.23. The van der Waals surface area contributed by atoms with E-state index < -0.39 is 0 Å². The van der Waals surface area contributed by atoms with E-state index in [1.165, 1.54) is 16.7 Å². The zero-order valence-corrected chi connectivity index (χ0v) is 22.8. The van der Waals surface area contributed by atoms with E-state index in [9.17, 15) is 0 Å². The van der Waals surface area contributed by atoms with Gasteiger partial charge in [0.05, 0.1) is 17.4 Å². The van der Waals surface area contributed by atoms with Crippen molar-refractivity contribution in [2.75, 3.05) is 0 Å². The van der Waals surface area contributed by atoms with Gasteiger partial charge in [0, 0.05) is 52.0 Å². The largest absolute Gasteiger partial charge is 0.285 e. The quantitative estimate of drug-likeness (QED) is 0.239. The van der Waals surface area contributed by atoms with Crippen LogP contribution in [0.4, 0.5) is 5.69 Å². The van der Waals surface area contributed by atoms with Crippen LogP contribution in [-0.2, 0) is 6.42 Å². The molecule has 3 aromatic heterocycles. The molecule has 40 heavy (non-hydrogen) atoms. The molecule has 194 valence electrons. The zero-order chi connectivity index (χ0) is 27.1. The van der Waals surface area contributed by atoms with Crippen LogP contribution in [-0.4, -0.2) is 35.8 Å². The fraction of sp³-hybridized carbons (Fsp3) is 0.212. The summed E-state index contributed by atoms with van der Waals surface area (Å²) >= 11 is 0. The molecule has 8 rings (SSSR count). The molecule has 0 aliphatic carbocycles. The van der Waals surface area contributed by atoms with Crippen LogP contribution >= 0.6 is 0 Å². The molecule has 4 heterocycles. The van der Waals surface area contributed by atoms with Crippen LogP contribution in [0.3, 0.4) is 0 Å². The summed E-state index contributed by atoms with van der Waals surface area (Å²) in [6.45, 7) is 8.67. The molecule has 0 bridgehead atoms. The van der Waals surface area contributed by atoms with Gasteiger partial charge in [0.1, 0.15) is 23.2 Å². The van der Waals surface area contributed by atoms with Crippen molar-refractivity contribution in [1.29, 1.82) is 0 Å². The second kappa shape index (κ2) is 8.36. The maximum atomic E-state index is 5.02. The minimum Gasteiger partial charge on any atom is -0.285 e. The Morgan fingerprint density at radius 2 is 1.40 bits per heavy atom. The van der Waals surface area contributed by atoms with Crippen molar-refractivity contribution in [3.05, 3.63) is 72.7 Å². The summed E-state index contributed by atoms with van der Waals surface area (Å²) < 4.78 is 0. The van der Waals surface area contributed by atoms with Gasteiger partial charge in [0.2, 0.25) is 0 Å².